The maximum absolute atomic E-state index is 11.2. The smallest absolute Gasteiger partial charge is 0.345 e. The molecule has 1 aromatic carbocycles. The molecule has 2 aromatic heterocycles. The lowest BCUT2D eigenvalue weighted by molar-refractivity contribution is 0.0691. The number of aryl methyl sites for hydroxylation is 2. The van der Waals surface area contributed by atoms with E-state index in [0.29, 0.717) is 9.75 Å². The highest BCUT2D eigenvalue weighted by Gasteiger charge is 2.16. The number of carboxylic acids is 2. The molecule has 2 N–H and O–H groups in total. The number of rotatable bonds is 6. The minimum absolute atomic E-state index is 0.327. The van der Waals surface area contributed by atoms with Crippen molar-refractivity contribution in [2.45, 2.75) is 26.7 Å². The summed E-state index contributed by atoms with van der Waals surface area (Å²) < 4.78 is 0. The summed E-state index contributed by atoms with van der Waals surface area (Å²) in [4.78, 5) is 24.9. The van der Waals surface area contributed by atoms with E-state index < -0.39 is 11.9 Å². The lowest BCUT2D eigenvalue weighted by atomic mass is 9.94. The van der Waals surface area contributed by atoms with Crippen LogP contribution in [0.15, 0.2) is 36.4 Å². The predicted octanol–water partition coefficient (Wildman–Crippen LogP) is 5.66. The summed E-state index contributed by atoms with van der Waals surface area (Å²) in [7, 11) is 0. The van der Waals surface area contributed by atoms with Crippen molar-refractivity contribution in [1.29, 1.82) is 0 Å². The largest absolute Gasteiger partial charge is 0.477 e. The van der Waals surface area contributed by atoms with Crippen LogP contribution in [0.2, 0.25) is 0 Å². The second kappa shape index (κ2) is 7.43. The molecule has 0 atom stereocenters. The molecule has 0 aliphatic carbocycles. The highest BCUT2D eigenvalue weighted by molar-refractivity contribution is 7.17. The van der Waals surface area contributed by atoms with Crippen LogP contribution in [0.5, 0.6) is 0 Å². The van der Waals surface area contributed by atoms with Crippen molar-refractivity contribution >= 4 is 34.6 Å². The van der Waals surface area contributed by atoms with Gasteiger partial charge >= 0.3 is 11.9 Å². The molecule has 0 fully saturated rings. The van der Waals surface area contributed by atoms with E-state index in [9.17, 15) is 19.8 Å². The van der Waals surface area contributed by atoms with E-state index in [1.807, 2.05) is 12.1 Å². The number of aromatic carboxylic acids is 2. The maximum Gasteiger partial charge on any atom is 0.345 e. The van der Waals surface area contributed by atoms with Crippen molar-refractivity contribution in [3.63, 3.8) is 0 Å². The highest BCUT2D eigenvalue weighted by atomic mass is 32.1. The normalized spacial score (nSPS) is 10.8. The molecule has 134 valence electrons. The first-order valence-corrected chi connectivity index (χ1v) is 9.90. The van der Waals surface area contributed by atoms with Gasteiger partial charge < -0.3 is 10.2 Å². The van der Waals surface area contributed by atoms with E-state index in [4.69, 9.17) is 0 Å². The third kappa shape index (κ3) is 3.43. The Kier molecular flexibility index (Phi) is 5.25. The van der Waals surface area contributed by atoms with Crippen molar-refractivity contribution in [1.82, 2.24) is 0 Å². The summed E-state index contributed by atoms with van der Waals surface area (Å²) in [6.07, 6.45) is 1.62. The molecular formula is C20H18O4S2. The molecule has 6 heteroatoms. The monoisotopic (exact) mass is 386 g/mol. The van der Waals surface area contributed by atoms with Crippen LogP contribution in [0.25, 0.3) is 20.9 Å². The Bertz CT molecular complexity index is 902. The van der Waals surface area contributed by atoms with Crippen molar-refractivity contribution in [2.24, 2.45) is 0 Å². The molecule has 0 saturated carbocycles. The van der Waals surface area contributed by atoms with E-state index >= 15 is 0 Å². The number of thiophene rings is 2. The first kappa shape index (κ1) is 18.4. The highest BCUT2D eigenvalue weighted by Crippen LogP contribution is 2.38. The Morgan fingerprint density at radius 1 is 0.769 bits per heavy atom. The Balaban J connectivity index is 2.13. The quantitative estimate of drug-likeness (QED) is 0.573. The molecule has 0 saturated heterocycles. The van der Waals surface area contributed by atoms with E-state index in [1.165, 1.54) is 22.7 Å². The number of hydrogen-bond acceptors (Lipinski definition) is 4. The maximum atomic E-state index is 11.2. The molecule has 3 rings (SSSR count). The standard InChI is InChI=1S/C20H18O4S2/c1-3-11-9-14(16-6-8-18(26-16)20(23)24)12(4-2)10-13(11)15-5-7-17(25-15)19(21)22/h5-10H,3-4H2,1-2H3,(H,21,22)(H,23,24). The zero-order valence-electron chi connectivity index (χ0n) is 14.4. The molecule has 0 aliphatic rings. The second-order valence-electron chi connectivity index (χ2n) is 5.81. The van der Waals surface area contributed by atoms with Gasteiger partial charge in [0.2, 0.25) is 0 Å². The minimum atomic E-state index is -0.911. The zero-order valence-corrected chi connectivity index (χ0v) is 16.0. The average Bonchev–Trinajstić information content (AvgIpc) is 3.30. The first-order valence-electron chi connectivity index (χ1n) is 8.27. The third-order valence-electron chi connectivity index (χ3n) is 4.26. The van der Waals surface area contributed by atoms with Crippen LogP contribution in [-0.4, -0.2) is 22.2 Å². The second-order valence-corrected chi connectivity index (χ2v) is 7.98. The van der Waals surface area contributed by atoms with Gasteiger partial charge in [-0.25, -0.2) is 9.59 Å². The van der Waals surface area contributed by atoms with Crippen LogP contribution in [0.1, 0.15) is 44.3 Å². The molecule has 0 amide bonds. The number of hydrogen-bond donors (Lipinski definition) is 2. The van der Waals surface area contributed by atoms with Gasteiger partial charge in [0.15, 0.2) is 0 Å². The minimum Gasteiger partial charge on any atom is -0.477 e. The molecule has 2 heterocycles. The molecule has 0 aliphatic heterocycles. The molecule has 0 unspecified atom stereocenters. The summed E-state index contributed by atoms with van der Waals surface area (Å²) in [6, 6.07) is 11.2. The number of benzene rings is 1. The van der Waals surface area contributed by atoms with Gasteiger partial charge in [-0.05, 0) is 71.5 Å². The Morgan fingerprint density at radius 2 is 1.15 bits per heavy atom. The number of carboxylic acid groups (broad SMARTS) is 2. The molecule has 4 nitrogen and oxygen atoms in total. The summed E-state index contributed by atoms with van der Waals surface area (Å²) in [5, 5.41) is 18.4. The fourth-order valence-electron chi connectivity index (χ4n) is 2.93. The van der Waals surface area contributed by atoms with E-state index in [1.54, 1.807) is 12.1 Å². The van der Waals surface area contributed by atoms with Crippen LogP contribution in [-0.2, 0) is 12.8 Å². The summed E-state index contributed by atoms with van der Waals surface area (Å²) >= 11 is 2.56. The van der Waals surface area contributed by atoms with Crippen LogP contribution >= 0.6 is 22.7 Å². The van der Waals surface area contributed by atoms with Crippen molar-refractivity contribution in [3.05, 3.63) is 57.3 Å². The molecular weight excluding hydrogens is 368 g/mol. The first-order chi connectivity index (χ1) is 12.4. The van der Waals surface area contributed by atoms with Crippen molar-refractivity contribution in [2.75, 3.05) is 0 Å². The summed E-state index contributed by atoms with van der Waals surface area (Å²) in [5.41, 5.74) is 4.36. The van der Waals surface area contributed by atoms with Gasteiger partial charge in [0.1, 0.15) is 9.75 Å². The van der Waals surface area contributed by atoms with Gasteiger partial charge in [-0.3, -0.25) is 0 Å². The van der Waals surface area contributed by atoms with E-state index in [-0.39, 0.29) is 0 Å². The zero-order chi connectivity index (χ0) is 18.8. The van der Waals surface area contributed by atoms with Gasteiger partial charge in [0.25, 0.3) is 0 Å². The van der Waals surface area contributed by atoms with Crippen LogP contribution < -0.4 is 0 Å². The van der Waals surface area contributed by atoms with Gasteiger partial charge in [0.05, 0.1) is 0 Å². The van der Waals surface area contributed by atoms with Crippen LogP contribution in [0.4, 0.5) is 0 Å². The average molecular weight is 386 g/mol. The Morgan fingerprint density at radius 3 is 1.42 bits per heavy atom. The topological polar surface area (TPSA) is 74.6 Å². The lowest BCUT2D eigenvalue weighted by Crippen LogP contribution is -1.94. The summed E-state index contributed by atoms with van der Waals surface area (Å²) in [5.74, 6) is -1.82. The van der Waals surface area contributed by atoms with Crippen LogP contribution in [0, 0.1) is 0 Å². The van der Waals surface area contributed by atoms with Crippen molar-refractivity contribution < 1.29 is 19.8 Å². The van der Waals surface area contributed by atoms with Gasteiger partial charge in [0, 0.05) is 9.75 Å². The molecule has 0 spiro atoms. The van der Waals surface area contributed by atoms with E-state index in [2.05, 4.69) is 26.0 Å². The molecule has 0 radical (unpaired) electrons. The number of carbonyl (C=O) groups is 2. The SMILES string of the molecule is CCc1cc(-c2ccc(C(=O)O)s2)c(CC)cc1-c1ccc(C(=O)O)s1. The lowest BCUT2D eigenvalue weighted by Gasteiger charge is -2.13. The molecule has 3 aromatic rings. The van der Waals surface area contributed by atoms with Crippen LogP contribution in [0.3, 0.4) is 0 Å². The van der Waals surface area contributed by atoms with Gasteiger partial charge in [-0.1, -0.05) is 13.8 Å². The Hall–Kier alpha value is -2.44. The molecule has 26 heavy (non-hydrogen) atoms. The molecule has 0 bridgehead atoms. The summed E-state index contributed by atoms with van der Waals surface area (Å²) in [6.45, 7) is 4.13. The van der Waals surface area contributed by atoms with E-state index in [0.717, 1.165) is 44.8 Å². The van der Waals surface area contributed by atoms with Crippen molar-refractivity contribution in [3.8, 4) is 20.9 Å². The van der Waals surface area contributed by atoms with Gasteiger partial charge in [-0.2, -0.15) is 0 Å². The third-order valence-corrected chi connectivity index (χ3v) is 6.47. The predicted molar refractivity (Wildman–Crippen MR) is 106 cm³/mol. The van der Waals surface area contributed by atoms with Gasteiger partial charge in [-0.15, -0.1) is 22.7 Å². The fourth-order valence-corrected chi connectivity index (χ4v) is 4.72. The fraction of sp³-hybridized carbons (Fsp3) is 0.200. The Labute approximate surface area is 159 Å².